The van der Waals surface area contributed by atoms with Crippen molar-refractivity contribution in [1.82, 2.24) is 19.3 Å². The standard InChI is InChI=1S/C27H26N4O4/c1-16(32)18-5-3-4-17(12-18)6-7-20-14-22(25(34)15-24(20)33)26-28-29-27(35)31(26)21-8-9-23-19(13-21)10-11-30(23)2/h3-5,8-16,32-34H,6-7H2,1-2H3,(H,29,35). The van der Waals surface area contributed by atoms with Crippen LogP contribution in [0.15, 0.2) is 71.7 Å². The van der Waals surface area contributed by atoms with Crippen molar-refractivity contribution in [2.45, 2.75) is 25.9 Å². The van der Waals surface area contributed by atoms with Crippen molar-refractivity contribution in [3.8, 4) is 28.6 Å². The lowest BCUT2D eigenvalue weighted by Gasteiger charge is -2.12. The Morgan fingerprint density at radius 1 is 1.00 bits per heavy atom. The number of nitrogens with one attached hydrogen (secondary N) is 1. The average Bonchev–Trinajstić information content (AvgIpc) is 3.40. The highest BCUT2D eigenvalue weighted by Gasteiger charge is 2.19. The Labute approximate surface area is 201 Å². The van der Waals surface area contributed by atoms with Gasteiger partial charge in [-0.3, -0.25) is 0 Å². The summed E-state index contributed by atoms with van der Waals surface area (Å²) in [6.45, 7) is 1.72. The molecule has 0 aliphatic heterocycles. The van der Waals surface area contributed by atoms with Gasteiger partial charge < -0.3 is 19.9 Å². The number of aromatic nitrogens is 4. The third-order valence-electron chi connectivity index (χ3n) is 6.35. The minimum absolute atomic E-state index is 0.0342. The minimum atomic E-state index is -0.560. The SMILES string of the molecule is CC(O)c1cccc(CCc2cc(-c3n[nH]c(=O)n3-c3ccc4c(ccn4C)c3)c(O)cc2O)c1. The Hall–Kier alpha value is -4.30. The Bertz CT molecular complexity index is 1590. The lowest BCUT2D eigenvalue weighted by molar-refractivity contribution is 0.199. The molecule has 0 amide bonds. The van der Waals surface area contributed by atoms with Crippen LogP contribution in [-0.2, 0) is 19.9 Å². The number of hydrogen-bond donors (Lipinski definition) is 4. The molecule has 0 spiro atoms. The van der Waals surface area contributed by atoms with Crippen molar-refractivity contribution >= 4 is 10.9 Å². The van der Waals surface area contributed by atoms with Crippen LogP contribution in [0.25, 0.3) is 28.0 Å². The molecule has 0 saturated carbocycles. The van der Waals surface area contributed by atoms with Gasteiger partial charge in [-0.15, -0.1) is 0 Å². The molecular weight excluding hydrogens is 444 g/mol. The molecule has 4 N–H and O–H groups in total. The van der Waals surface area contributed by atoms with Gasteiger partial charge in [0.15, 0.2) is 5.82 Å². The molecule has 0 aliphatic carbocycles. The lowest BCUT2D eigenvalue weighted by atomic mass is 9.98. The number of aliphatic hydroxyl groups excluding tert-OH is 1. The van der Waals surface area contributed by atoms with E-state index in [9.17, 15) is 20.1 Å². The van der Waals surface area contributed by atoms with E-state index in [1.165, 1.54) is 10.6 Å². The summed E-state index contributed by atoms with van der Waals surface area (Å²) in [5.74, 6) is 0.0385. The van der Waals surface area contributed by atoms with Crippen LogP contribution >= 0.6 is 0 Å². The molecule has 8 heteroatoms. The van der Waals surface area contributed by atoms with Gasteiger partial charge in [0.05, 0.1) is 17.4 Å². The molecular formula is C27H26N4O4. The first-order valence-electron chi connectivity index (χ1n) is 11.4. The van der Waals surface area contributed by atoms with Gasteiger partial charge in [0, 0.05) is 30.2 Å². The van der Waals surface area contributed by atoms with Gasteiger partial charge in [-0.25, -0.2) is 14.5 Å². The lowest BCUT2D eigenvalue weighted by Crippen LogP contribution is -2.15. The molecule has 0 saturated heterocycles. The normalized spacial score (nSPS) is 12.3. The first-order valence-corrected chi connectivity index (χ1v) is 11.4. The van der Waals surface area contributed by atoms with Crippen molar-refractivity contribution in [3.05, 3.63) is 94.0 Å². The van der Waals surface area contributed by atoms with Crippen LogP contribution in [0.3, 0.4) is 0 Å². The van der Waals surface area contributed by atoms with Gasteiger partial charge in [0.2, 0.25) is 0 Å². The predicted octanol–water partition coefficient (Wildman–Crippen LogP) is 3.97. The van der Waals surface area contributed by atoms with Crippen LogP contribution < -0.4 is 5.69 Å². The molecule has 3 aromatic carbocycles. The quantitative estimate of drug-likeness (QED) is 0.300. The van der Waals surface area contributed by atoms with Crippen molar-refractivity contribution in [2.24, 2.45) is 7.05 Å². The molecule has 35 heavy (non-hydrogen) atoms. The van der Waals surface area contributed by atoms with Gasteiger partial charge in [-0.2, -0.15) is 5.10 Å². The Morgan fingerprint density at radius 2 is 1.83 bits per heavy atom. The third kappa shape index (κ3) is 4.20. The third-order valence-corrected chi connectivity index (χ3v) is 6.35. The second kappa shape index (κ2) is 8.81. The zero-order chi connectivity index (χ0) is 24.7. The van der Waals surface area contributed by atoms with E-state index >= 15 is 0 Å². The molecule has 8 nitrogen and oxygen atoms in total. The van der Waals surface area contributed by atoms with Crippen molar-refractivity contribution in [2.75, 3.05) is 0 Å². The van der Waals surface area contributed by atoms with Crippen LogP contribution in [-0.4, -0.2) is 34.7 Å². The molecule has 2 aromatic heterocycles. The molecule has 0 aliphatic rings. The van der Waals surface area contributed by atoms with Gasteiger partial charge in [0.25, 0.3) is 0 Å². The smallest absolute Gasteiger partial charge is 0.348 e. The Balaban J connectivity index is 1.52. The molecule has 5 rings (SSSR count). The number of rotatable bonds is 6. The summed E-state index contributed by atoms with van der Waals surface area (Å²) < 4.78 is 3.40. The average molecular weight is 471 g/mol. The van der Waals surface area contributed by atoms with Gasteiger partial charge in [-0.1, -0.05) is 24.3 Å². The van der Waals surface area contributed by atoms with Crippen LogP contribution in [0.5, 0.6) is 11.5 Å². The summed E-state index contributed by atoms with van der Waals surface area (Å²) in [6.07, 6.45) is 2.50. The van der Waals surface area contributed by atoms with E-state index in [1.807, 2.05) is 66.3 Å². The molecule has 0 fully saturated rings. The van der Waals surface area contributed by atoms with E-state index < -0.39 is 11.8 Å². The number of nitrogens with zero attached hydrogens (tertiary/aromatic N) is 3. The summed E-state index contributed by atoms with van der Waals surface area (Å²) in [4.78, 5) is 12.7. The van der Waals surface area contributed by atoms with Crippen molar-refractivity contribution in [1.29, 1.82) is 0 Å². The Kier molecular flexibility index (Phi) is 5.66. The fraction of sp³-hybridized carbons (Fsp3) is 0.185. The van der Waals surface area contributed by atoms with Crippen LogP contribution in [0.1, 0.15) is 29.7 Å². The van der Waals surface area contributed by atoms with Crippen molar-refractivity contribution < 1.29 is 15.3 Å². The number of benzene rings is 3. The summed E-state index contributed by atoms with van der Waals surface area (Å²) in [5, 5.41) is 38.6. The first kappa shape index (κ1) is 22.5. The summed E-state index contributed by atoms with van der Waals surface area (Å²) in [7, 11) is 1.95. The highest BCUT2D eigenvalue weighted by molar-refractivity contribution is 5.82. The molecule has 2 heterocycles. The molecule has 0 radical (unpaired) electrons. The van der Waals surface area contributed by atoms with E-state index in [0.29, 0.717) is 29.7 Å². The molecule has 178 valence electrons. The molecule has 1 unspecified atom stereocenters. The number of aliphatic hydroxyl groups is 1. The van der Waals surface area contributed by atoms with E-state index in [0.717, 1.165) is 22.0 Å². The Morgan fingerprint density at radius 3 is 2.63 bits per heavy atom. The number of aryl methyl sites for hydroxylation is 3. The van der Waals surface area contributed by atoms with Crippen LogP contribution in [0.4, 0.5) is 0 Å². The number of phenolic OH excluding ortho intramolecular Hbond substituents is 2. The zero-order valence-corrected chi connectivity index (χ0v) is 19.4. The zero-order valence-electron chi connectivity index (χ0n) is 19.4. The number of aromatic amines is 1. The molecule has 1 atom stereocenters. The highest BCUT2D eigenvalue weighted by Crippen LogP contribution is 2.35. The number of H-pyrrole nitrogens is 1. The fourth-order valence-electron chi connectivity index (χ4n) is 4.41. The first-order chi connectivity index (χ1) is 16.8. The van der Waals surface area contributed by atoms with Crippen LogP contribution in [0.2, 0.25) is 0 Å². The fourth-order valence-corrected chi connectivity index (χ4v) is 4.41. The predicted molar refractivity (Wildman–Crippen MR) is 134 cm³/mol. The number of hydrogen-bond acceptors (Lipinski definition) is 5. The maximum atomic E-state index is 12.7. The largest absolute Gasteiger partial charge is 0.508 e. The number of phenols is 2. The second-order valence-electron chi connectivity index (χ2n) is 8.78. The van der Waals surface area contributed by atoms with Gasteiger partial charge in [-0.05, 0) is 66.8 Å². The second-order valence-corrected chi connectivity index (χ2v) is 8.78. The maximum Gasteiger partial charge on any atom is 0.348 e. The molecule has 0 bridgehead atoms. The van der Waals surface area contributed by atoms with Gasteiger partial charge >= 0.3 is 5.69 Å². The monoisotopic (exact) mass is 470 g/mol. The highest BCUT2D eigenvalue weighted by atomic mass is 16.3. The minimum Gasteiger partial charge on any atom is -0.508 e. The van der Waals surface area contributed by atoms with Crippen molar-refractivity contribution in [3.63, 3.8) is 0 Å². The van der Waals surface area contributed by atoms with E-state index in [1.54, 1.807) is 13.0 Å². The van der Waals surface area contributed by atoms with Crippen LogP contribution in [0, 0.1) is 0 Å². The topological polar surface area (TPSA) is 116 Å². The summed E-state index contributed by atoms with van der Waals surface area (Å²) in [5.41, 5.74) is 4.00. The number of fused-ring (bicyclic) bond motifs is 1. The van der Waals surface area contributed by atoms with E-state index in [2.05, 4.69) is 10.2 Å². The maximum absolute atomic E-state index is 12.7. The van der Waals surface area contributed by atoms with E-state index in [4.69, 9.17) is 0 Å². The van der Waals surface area contributed by atoms with Gasteiger partial charge in [0.1, 0.15) is 11.5 Å². The number of aromatic hydroxyl groups is 2. The van der Waals surface area contributed by atoms with E-state index in [-0.39, 0.29) is 17.3 Å². The molecule has 5 aromatic rings. The summed E-state index contributed by atoms with van der Waals surface area (Å²) in [6, 6.07) is 18.2. The summed E-state index contributed by atoms with van der Waals surface area (Å²) >= 11 is 0.